The van der Waals surface area contributed by atoms with Crippen LogP contribution in [0.3, 0.4) is 0 Å². The minimum Gasteiger partial charge on any atom is -0.298 e. The number of aromatic nitrogens is 2. The number of nitrogens with zero attached hydrogens (tertiary/aromatic N) is 3. The molecule has 1 aromatic rings. The van der Waals surface area contributed by atoms with E-state index in [1.54, 1.807) is 0 Å². The van der Waals surface area contributed by atoms with Gasteiger partial charge in [-0.2, -0.15) is 5.10 Å². The van der Waals surface area contributed by atoms with Crippen LogP contribution in [0.4, 0.5) is 0 Å². The Hall–Kier alpha value is -0.830. The molecule has 2 heterocycles. The van der Waals surface area contributed by atoms with Crippen molar-refractivity contribution in [2.75, 3.05) is 13.1 Å². The van der Waals surface area contributed by atoms with Crippen LogP contribution in [0.1, 0.15) is 72.4 Å². The summed E-state index contributed by atoms with van der Waals surface area (Å²) >= 11 is 0. The molecule has 0 aromatic carbocycles. The average Bonchev–Trinajstić information content (AvgIpc) is 2.88. The lowest BCUT2D eigenvalue weighted by Crippen LogP contribution is -2.48. The second kappa shape index (κ2) is 5.51. The molecule has 0 aliphatic carbocycles. The third-order valence-corrected chi connectivity index (χ3v) is 5.03. The molecule has 0 saturated carbocycles. The minimum absolute atomic E-state index is 0.198. The Labute approximate surface area is 124 Å². The lowest BCUT2D eigenvalue weighted by Gasteiger charge is -2.42. The largest absolute Gasteiger partial charge is 0.298 e. The van der Waals surface area contributed by atoms with Gasteiger partial charge in [0.15, 0.2) is 0 Å². The molecule has 0 bridgehead atoms. The Balaban J connectivity index is 1.99. The van der Waals surface area contributed by atoms with Crippen molar-refractivity contribution in [1.82, 2.24) is 14.7 Å². The molecule has 2 rings (SSSR count). The summed E-state index contributed by atoms with van der Waals surface area (Å²) in [6.45, 7) is 16.1. The number of hydrogen-bond donors (Lipinski definition) is 0. The average molecular weight is 277 g/mol. The van der Waals surface area contributed by atoms with Crippen LogP contribution < -0.4 is 0 Å². The zero-order chi connectivity index (χ0) is 15.0. The predicted octanol–water partition coefficient (Wildman–Crippen LogP) is 4.01. The van der Waals surface area contributed by atoms with Crippen LogP contribution in [0.25, 0.3) is 0 Å². The molecule has 1 aliphatic rings. The molecule has 0 radical (unpaired) electrons. The van der Waals surface area contributed by atoms with E-state index < -0.39 is 0 Å². The van der Waals surface area contributed by atoms with E-state index in [-0.39, 0.29) is 5.41 Å². The molecule has 1 aromatic heterocycles. The molecule has 1 saturated heterocycles. The van der Waals surface area contributed by atoms with Gasteiger partial charge in [-0.3, -0.25) is 9.58 Å². The lowest BCUT2D eigenvalue weighted by atomic mass is 9.90. The van der Waals surface area contributed by atoms with E-state index in [2.05, 4.69) is 62.4 Å². The number of likely N-dealkylation sites (tertiary alicyclic amines) is 1. The quantitative estimate of drug-likeness (QED) is 0.832. The van der Waals surface area contributed by atoms with E-state index in [4.69, 9.17) is 0 Å². The van der Waals surface area contributed by atoms with Gasteiger partial charge in [-0.15, -0.1) is 0 Å². The van der Waals surface area contributed by atoms with Crippen molar-refractivity contribution in [1.29, 1.82) is 0 Å². The summed E-state index contributed by atoms with van der Waals surface area (Å²) in [6.07, 6.45) is 7.95. The van der Waals surface area contributed by atoms with E-state index in [1.807, 2.05) is 6.20 Å². The summed E-state index contributed by atoms with van der Waals surface area (Å²) in [5.74, 6) is 0. The van der Waals surface area contributed by atoms with E-state index in [0.29, 0.717) is 11.6 Å². The van der Waals surface area contributed by atoms with Crippen molar-refractivity contribution in [2.24, 2.45) is 0 Å². The van der Waals surface area contributed by atoms with Gasteiger partial charge in [0.2, 0.25) is 0 Å². The second-order valence-electron chi connectivity index (χ2n) is 7.84. The highest BCUT2D eigenvalue weighted by atomic mass is 15.3. The van der Waals surface area contributed by atoms with Gasteiger partial charge >= 0.3 is 0 Å². The highest BCUT2D eigenvalue weighted by molar-refractivity contribution is 5.15. The zero-order valence-electron chi connectivity index (χ0n) is 14.1. The van der Waals surface area contributed by atoms with Crippen LogP contribution >= 0.6 is 0 Å². The van der Waals surface area contributed by atoms with Crippen molar-refractivity contribution in [3.8, 4) is 0 Å². The van der Waals surface area contributed by atoms with Crippen molar-refractivity contribution in [3.63, 3.8) is 0 Å². The molecule has 1 aliphatic heterocycles. The highest BCUT2D eigenvalue weighted by Gasteiger charge is 2.30. The standard InChI is InChI=1S/C17H31N3/c1-7-17(5,6)19-10-8-15(9-11-19)20-13-14(12-18-20)16(2,3)4/h12-13,15H,7-11H2,1-6H3. The van der Waals surface area contributed by atoms with E-state index in [9.17, 15) is 0 Å². The van der Waals surface area contributed by atoms with Crippen LogP contribution in [0.2, 0.25) is 0 Å². The zero-order valence-corrected chi connectivity index (χ0v) is 14.1. The van der Waals surface area contributed by atoms with Gasteiger partial charge in [0.05, 0.1) is 12.2 Å². The normalized spacial score (nSPS) is 19.5. The van der Waals surface area contributed by atoms with Crippen molar-refractivity contribution >= 4 is 0 Å². The van der Waals surface area contributed by atoms with E-state index >= 15 is 0 Å². The third-order valence-electron chi connectivity index (χ3n) is 5.03. The Morgan fingerprint density at radius 2 is 1.75 bits per heavy atom. The first-order chi connectivity index (χ1) is 9.24. The minimum atomic E-state index is 0.198. The maximum absolute atomic E-state index is 4.61. The highest BCUT2D eigenvalue weighted by Crippen LogP contribution is 2.30. The fraction of sp³-hybridized carbons (Fsp3) is 0.824. The first kappa shape index (κ1) is 15.6. The van der Waals surface area contributed by atoms with Crippen LogP contribution in [0.5, 0.6) is 0 Å². The van der Waals surface area contributed by atoms with Crippen LogP contribution in [-0.4, -0.2) is 33.3 Å². The number of hydrogen-bond acceptors (Lipinski definition) is 2. The fourth-order valence-corrected chi connectivity index (χ4v) is 2.88. The second-order valence-corrected chi connectivity index (χ2v) is 7.84. The summed E-state index contributed by atoms with van der Waals surface area (Å²) in [5, 5.41) is 4.61. The Morgan fingerprint density at radius 3 is 2.20 bits per heavy atom. The van der Waals surface area contributed by atoms with Gasteiger partial charge < -0.3 is 0 Å². The van der Waals surface area contributed by atoms with E-state index in [1.165, 1.54) is 37.9 Å². The topological polar surface area (TPSA) is 21.1 Å². The van der Waals surface area contributed by atoms with Gasteiger partial charge in [0.25, 0.3) is 0 Å². The number of rotatable bonds is 3. The van der Waals surface area contributed by atoms with Gasteiger partial charge in [0, 0.05) is 24.8 Å². The molecule has 0 amide bonds. The lowest BCUT2D eigenvalue weighted by molar-refractivity contribution is 0.0716. The van der Waals surface area contributed by atoms with Crippen LogP contribution in [0, 0.1) is 0 Å². The Kier molecular flexibility index (Phi) is 4.29. The van der Waals surface area contributed by atoms with Gasteiger partial charge in [0.1, 0.15) is 0 Å². The molecular formula is C17H31N3. The van der Waals surface area contributed by atoms with Crippen molar-refractivity contribution in [2.45, 2.75) is 77.8 Å². The first-order valence-electron chi connectivity index (χ1n) is 8.04. The molecule has 0 N–H and O–H groups in total. The van der Waals surface area contributed by atoms with Crippen molar-refractivity contribution < 1.29 is 0 Å². The molecule has 114 valence electrons. The molecule has 3 nitrogen and oxygen atoms in total. The van der Waals surface area contributed by atoms with Gasteiger partial charge in [-0.1, -0.05) is 27.7 Å². The van der Waals surface area contributed by atoms with Gasteiger partial charge in [-0.25, -0.2) is 0 Å². The smallest absolute Gasteiger partial charge is 0.0543 e. The summed E-state index contributed by atoms with van der Waals surface area (Å²) in [6, 6.07) is 0.579. The monoisotopic (exact) mass is 277 g/mol. The molecule has 0 spiro atoms. The molecule has 20 heavy (non-hydrogen) atoms. The first-order valence-corrected chi connectivity index (χ1v) is 8.04. The van der Waals surface area contributed by atoms with E-state index in [0.717, 1.165) is 0 Å². The van der Waals surface area contributed by atoms with Crippen molar-refractivity contribution in [3.05, 3.63) is 18.0 Å². The predicted molar refractivity (Wildman–Crippen MR) is 85.1 cm³/mol. The SMILES string of the molecule is CCC(C)(C)N1CCC(n2cc(C(C)(C)C)cn2)CC1. The van der Waals surface area contributed by atoms with Gasteiger partial charge in [-0.05, 0) is 44.1 Å². The molecule has 1 fully saturated rings. The van der Waals surface area contributed by atoms with Crippen LogP contribution in [0.15, 0.2) is 12.4 Å². The Bertz CT molecular complexity index is 431. The van der Waals surface area contributed by atoms with Crippen LogP contribution in [-0.2, 0) is 5.41 Å². The summed E-state index contributed by atoms with van der Waals surface area (Å²) in [5.41, 5.74) is 1.88. The third kappa shape index (κ3) is 3.25. The summed E-state index contributed by atoms with van der Waals surface area (Å²) in [4.78, 5) is 2.64. The maximum Gasteiger partial charge on any atom is 0.0543 e. The molecular weight excluding hydrogens is 246 g/mol. The summed E-state index contributed by atoms with van der Waals surface area (Å²) in [7, 11) is 0. The molecule has 3 heteroatoms. The maximum atomic E-state index is 4.61. The summed E-state index contributed by atoms with van der Waals surface area (Å²) < 4.78 is 2.21. The molecule has 0 unspecified atom stereocenters. The Morgan fingerprint density at radius 1 is 1.15 bits per heavy atom. The molecule has 0 atom stereocenters. The number of piperidine rings is 1. The fourth-order valence-electron chi connectivity index (χ4n) is 2.88.